The first-order chi connectivity index (χ1) is 20.6. The molecule has 6 rings (SSSR count). The lowest BCUT2D eigenvalue weighted by Gasteiger charge is -2.61. The number of carbonyl (C=O) groups is 2. The van der Waals surface area contributed by atoms with E-state index in [1.165, 1.54) is 7.11 Å². The molecule has 1 saturated heterocycles. The monoisotopic (exact) mass is 712 g/mol. The van der Waals surface area contributed by atoms with E-state index >= 15 is 0 Å². The standard InChI is InChI=1S/C32H45IN2O8/c1-32(2)21-7-6-19(22(32)15-21)16-35(31(40)25-5-4-10-42-25)24-13-20(30(39)34-8-9-36)14-26(28(24)38)43-29-23(33)11-18(17-37)12-27(29)41-3/h11-12,14,19,21-22,24-26,28,36-38H,4-10,13,15-17H2,1-3H3,(H,34,39). The van der Waals surface area contributed by atoms with Gasteiger partial charge < -0.3 is 39.7 Å². The molecule has 2 bridgehead atoms. The molecule has 0 radical (unpaired) electrons. The van der Waals surface area contributed by atoms with E-state index in [1.807, 2.05) is 0 Å². The molecular weight excluding hydrogens is 667 g/mol. The average molecular weight is 713 g/mol. The van der Waals surface area contributed by atoms with Crippen LogP contribution in [-0.2, 0) is 20.9 Å². The Balaban J connectivity index is 1.49. The number of aliphatic hydroxyl groups excluding tert-OH is 3. The minimum atomic E-state index is -1.14. The first-order valence-corrected chi connectivity index (χ1v) is 16.5. The molecule has 4 fully saturated rings. The third-order valence-electron chi connectivity index (χ3n) is 10.3. The Morgan fingerprint density at radius 3 is 2.63 bits per heavy atom. The molecule has 238 valence electrons. The highest BCUT2D eigenvalue weighted by atomic mass is 127. The molecule has 7 unspecified atom stereocenters. The maximum absolute atomic E-state index is 14.1. The summed E-state index contributed by atoms with van der Waals surface area (Å²) in [5.74, 6) is 1.76. The molecule has 5 aliphatic rings. The lowest BCUT2D eigenvalue weighted by atomic mass is 9.45. The molecule has 1 aromatic carbocycles. The van der Waals surface area contributed by atoms with Gasteiger partial charge in [-0.25, -0.2) is 0 Å². The second-order valence-electron chi connectivity index (χ2n) is 13.0. The van der Waals surface area contributed by atoms with E-state index in [9.17, 15) is 24.9 Å². The lowest BCUT2D eigenvalue weighted by Crippen LogP contribution is -2.60. The van der Waals surface area contributed by atoms with Gasteiger partial charge in [0.05, 0.1) is 29.9 Å². The van der Waals surface area contributed by atoms with Crippen LogP contribution in [0.5, 0.6) is 11.5 Å². The van der Waals surface area contributed by atoms with Gasteiger partial charge >= 0.3 is 0 Å². The SMILES string of the molecule is COc1cc(CO)cc(I)c1OC1C=C(C(=O)NCCO)CC(N(CC2CCC3CC2C3(C)C)C(=O)C2CCCO2)C1O. The molecule has 1 heterocycles. The van der Waals surface area contributed by atoms with Gasteiger partial charge in [-0.15, -0.1) is 0 Å². The number of benzene rings is 1. The van der Waals surface area contributed by atoms with Gasteiger partial charge in [-0.1, -0.05) is 13.8 Å². The molecule has 4 aliphatic carbocycles. The number of fused-ring (bicyclic) bond motifs is 2. The normalized spacial score (nSPS) is 31.0. The maximum Gasteiger partial charge on any atom is 0.252 e. The second-order valence-corrected chi connectivity index (χ2v) is 14.1. The van der Waals surface area contributed by atoms with E-state index in [0.29, 0.717) is 63.5 Å². The van der Waals surface area contributed by atoms with Gasteiger partial charge in [0.15, 0.2) is 11.5 Å². The molecule has 2 amide bonds. The van der Waals surface area contributed by atoms with Crippen LogP contribution < -0.4 is 14.8 Å². The lowest BCUT2D eigenvalue weighted by molar-refractivity contribution is -0.156. The van der Waals surface area contributed by atoms with Crippen LogP contribution in [0.1, 0.15) is 57.9 Å². The summed E-state index contributed by atoms with van der Waals surface area (Å²) in [6, 6.07) is 2.73. The smallest absolute Gasteiger partial charge is 0.252 e. The van der Waals surface area contributed by atoms with Crippen molar-refractivity contribution in [1.29, 1.82) is 0 Å². The number of carbonyl (C=O) groups excluding carboxylic acids is 2. The van der Waals surface area contributed by atoms with E-state index in [4.69, 9.17) is 14.2 Å². The molecule has 43 heavy (non-hydrogen) atoms. The van der Waals surface area contributed by atoms with Crippen molar-refractivity contribution in [3.63, 3.8) is 0 Å². The Bertz CT molecular complexity index is 1210. The highest BCUT2D eigenvalue weighted by Gasteiger charge is 2.55. The van der Waals surface area contributed by atoms with E-state index in [-0.39, 0.29) is 43.4 Å². The quantitative estimate of drug-likeness (QED) is 0.257. The largest absolute Gasteiger partial charge is 0.493 e. The van der Waals surface area contributed by atoms with Gasteiger partial charge in [-0.05, 0) is 102 Å². The van der Waals surface area contributed by atoms with Crippen molar-refractivity contribution in [2.24, 2.45) is 23.2 Å². The number of hydrogen-bond donors (Lipinski definition) is 4. The Kier molecular flexibility index (Phi) is 10.3. The Morgan fingerprint density at radius 1 is 1.21 bits per heavy atom. The number of nitrogens with one attached hydrogen (secondary N) is 1. The number of rotatable bonds is 11. The number of nitrogens with zero attached hydrogens (tertiary/aromatic N) is 1. The van der Waals surface area contributed by atoms with Crippen molar-refractivity contribution in [3.8, 4) is 11.5 Å². The first-order valence-electron chi connectivity index (χ1n) is 15.4. The van der Waals surface area contributed by atoms with Crippen LogP contribution >= 0.6 is 22.6 Å². The Labute approximate surface area is 267 Å². The van der Waals surface area contributed by atoms with Gasteiger partial charge in [0.25, 0.3) is 5.91 Å². The summed E-state index contributed by atoms with van der Waals surface area (Å²) < 4.78 is 18.5. The zero-order chi connectivity index (χ0) is 30.9. The van der Waals surface area contributed by atoms with E-state index < -0.39 is 24.4 Å². The van der Waals surface area contributed by atoms with Gasteiger partial charge in [0, 0.05) is 31.7 Å². The third-order valence-corrected chi connectivity index (χ3v) is 11.1. The fourth-order valence-electron chi connectivity index (χ4n) is 7.67. The number of hydrogen-bond acceptors (Lipinski definition) is 8. The number of amides is 2. The summed E-state index contributed by atoms with van der Waals surface area (Å²) in [6.45, 7) is 5.38. The minimum absolute atomic E-state index is 0.0851. The molecule has 1 aliphatic heterocycles. The van der Waals surface area contributed by atoms with Crippen LogP contribution in [0.2, 0.25) is 0 Å². The molecular formula is C32H45IN2O8. The second kappa shape index (κ2) is 13.6. The van der Waals surface area contributed by atoms with Crippen molar-refractivity contribution >= 4 is 34.4 Å². The summed E-state index contributed by atoms with van der Waals surface area (Å²) in [5, 5.41) is 33.6. The minimum Gasteiger partial charge on any atom is -0.493 e. The zero-order valence-electron chi connectivity index (χ0n) is 25.3. The summed E-state index contributed by atoms with van der Waals surface area (Å²) in [7, 11) is 1.50. The van der Waals surface area contributed by atoms with Crippen molar-refractivity contribution < 1.29 is 39.1 Å². The Hall–Kier alpha value is -1.93. The van der Waals surface area contributed by atoms with Crippen molar-refractivity contribution in [1.82, 2.24) is 10.2 Å². The van der Waals surface area contributed by atoms with E-state index in [2.05, 4.69) is 41.8 Å². The van der Waals surface area contributed by atoms with E-state index in [1.54, 1.807) is 23.1 Å². The molecule has 3 saturated carbocycles. The van der Waals surface area contributed by atoms with Gasteiger partial charge in [0.1, 0.15) is 18.3 Å². The maximum atomic E-state index is 14.1. The van der Waals surface area contributed by atoms with Crippen LogP contribution in [0.3, 0.4) is 0 Å². The third kappa shape index (κ3) is 6.56. The summed E-state index contributed by atoms with van der Waals surface area (Å²) >= 11 is 2.09. The molecule has 11 heteroatoms. The predicted octanol–water partition coefficient (Wildman–Crippen LogP) is 2.79. The van der Waals surface area contributed by atoms with Crippen LogP contribution in [0.4, 0.5) is 0 Å². The highest BCUT2D eigenvalue weighted by Crippen LogP contribution is 2.61. The van der Waals surface area contributed by atoms with Crippen LogP contribution in [0.15, 0.2) is 23.8 Å². The average Bonchev–Trinajstić information content (AvgIpc) is 3.55. The number of aliphatic hydroxyl groups is 3. The predicted molar refractivity (Wildman–Crippen MR) is 167 cm³/mol. The van der Waals surface area contributed by atoms with Crippen molar-refractivity contribution in [3.05, 3.63) is 32.9 Å². The summed E-state index contributed by atoms with van der Waals surface area (Å²) in [4.78, 5) is 29.2. The molecule has 0 aromatic heterocycles. The number of halogens is 1. The Morgan fingerprint density at radius 2 is 2.00 bits per heavy atom. The number of methoxy groups -OCH3 is 1. The molecule has 7 atom stereocenters. The van der Waals surface area contributed by atoms with Gasteiger partial charge in [-0.3, -0.25) is 9.59 Å². The summed E-state index contributed by atoms with van der Waals surface area (Å²) in [6.07, 6.45) is 3.85. The fourth-order valence-corrected chi connectivity index (χ4v) is 8.47. The highest BCUT2D eigenvalue weighted by molar-refractivity contribution is 14.1. The zero-order valence-corrected chi connectivity index (χ0v) is 27.4. The van der Waals surface area contributed by atoms with Crippen LogP contribution in [0, 0.1) is 26.7 Å². The molecule has 1 aromatic rings. The fraction of sp³-hybridized carbons (Fsp3) is 0.688. The van der Waals surface area contributed by atoms with Crippen molar-refractivity contribution in [2.45, 2.75) is 83.3 Å². The first kappa shape index (κ1) is 32.5. The summed E-state index contributed by atoms with van der Waals surface area (Å²) in [5.41, 5.74) is 1.26. The molecule has 10 nitrogen and oxygen atoms in total. The van der Waals surface area contributed by atoms with Gasteiger partial charge in [-0.2, -0.15) is 0 Å². The molecule has 0 spiro atoms. The van der Waals surface area contributed by atoms with Gasteiger partial charge in [0.2, 0.25) is 5.91 Å². The van der Waals surface area contributed by atoms with Crippen molar-refractivity contribution in [2.75, 3.05) is 33.4 Å². The number of ether oxygens (including phenoxy) is 3. The van der Waals surface area contributed by atoms with E-state index in [0.717, 1.165) is 25.7 Å². The van der Waals surface area contributed by atoms with Crippen LogP contribution in [-0.4, -0.2) is 89.8 Å². The molecule has 4 N–H and O–H groups in total. The topological polar surface area (TPSA) is 138 Å². The van der Waals surface area contributed by atoms with Crippen LogP contribution in [0.25, 0.3) is 0 Å².